The third-order valence-corrected chi connectivity index (χ3v) is 4.67. The number of aromatic carboxylic acids is 1. The number of carboxylic acids is 1. The maximum Gasteiger partial charge on any atom is 0.355 e. The minimum Gasteiger partial charge on any atom is -0.476 e. The fourth-order valence-electron chi connectivity index (χ4n) is 2.60. The Morgan fingerprint density at radius 2 is 2.40 bits per heavy atom. The first kappa shape index (κ1) is 15.4. The molecule has 5 nitrogen and oxygen atoms in total. The van der Waals surface area contributed by atoms with Crippen molar-refractivity contribution in [2.45, 2.75) is 32.7 Å². The summed E-state index contributed by atoms with van der Waals surface area (Å²) in [4.78, 5) is 18.8. The van der Waals surface area contributed by atoms with Crippen molar-refractivity contribution in [2.24, 2.45) is 5.92 Å². The number of ether oxygens (including phenoxy) is 1. The highest BCUT2D eigenvalue weighted by Gasteiger charge is 2.22. The zero-order chi connectivity index (χ0) is 14.5. The number of likely N-dealkylation sites (tertiary alicyclic amines) is 1. The minimum atomic E-state index is -0.926. The molecule has 1 aromatic rings. The zero-order valence-corrected chi connectivity index (χ0v) is 12.9. The summed E-state index contributed by atoms with van der Waals surface area (Å²) in [5.74, 6) is -0.233. The van der Waals surface area contributed by atoms with Crippen molar-refractivity contribution >= 4 is 17.3 Å². The van der Waals surface area contributed by atoms with E-state index in [1.807, 2.05) is 0 Å². The third kappa shape index (κ3) is 4.01. The molecule has 6 heteroatoms. The van der Waals surface area contributed by atoms with Gasteiger partial charge in [0.2, 0.25) is 0 Å². The Balaban J connectivity index is 2.08. The number of rotatable bonds is 6. The van der Waals surface area contributed by atoms with Crippen LogP contribution in [0.2, 0.25) is 0 Å². The molecule has 0 bridgehead atoms. The van der Waals surface area contributed by atoms with Gasteiger partial charge in [-0.25, -0.2) is 9.78 Å². The van der Waals surface area contributed by atoms with Gasteiger partial charge in [0.05, 0.1) is 16.5 Å². The van der Waals surface area contributed by atoms with Crippen LogP contribution in [0, 0.1) is 5.92 Å². The molecular formula is C14H22N2O3S. The number of nitrogens with zero attached hydrogens (tertiary/aromatic N) is 2. The summed E-state index contributed by atoms with van der Waals surface area (Å²) in [6.45, 7) is 5.63. The quantitative estimate of drug-likeness (QED) is 0.873. The van der Waals surface area contributed by atoms with Gasteiger partial charge in [0.15, 0.2) is 5.69 Å². The average Bonchev–Trinajstić information content (AvgIpc) is 2.79. The number of carboxylic acid groups (broad SMARTS) is 1. The molecule has 112 valence electrons. The van der Waals surface area contributed by atoms with Gasteiger partial charge >= 0.3 is 5.97 Å². The van der Waals surface area contributed by atoms with Crippen LogP contribution in [0.5, 0.6) is 0 Å². The lowest BCUT2D eigenvalue weighted by molar-refractivity contribution is 0.0688. The lowest BCUT2D eigenvalue weighted by atomic mass is 10.0. The van der Waals surface area contributed by atoms with Crippen molar-refractivity contribution in [1.82, 2.24) is 9.88 Å². The summed E-state index contributed by atoms with van der Waals surface area (Å²) < 4.78 is 5.03. The van der Waals surface area contributed by atoms with Crippen molar-refractivity contribution < 1.29 is 14.6 Å². The Morgan fingerprint density at radius 3 is 3.05 bits per heavy atom. The highest BCUT2D eigenvalue weighted by atomic mass is 32.1. The molecule has 0 saturated carbocycles. The molecule has 2 heterocycles. The molecule has 0 amide bonds. The predicted octanol–water partition coefficient (Wildman–Crippen LogP) is 2.26. The zero-order valence-electron chi connectivity index (χ0n) is 12.1. The molecule has 1 atom stereocenters. The average molecular weight is 298 g/mol. The topological polar surface area (TPSA) is 62.7 Å². The van der Waals surface area contributed by atoms with E-state index in [1.54, 1.807) is 7.11 Å². The van der Waals surface area contributed by atoms with E-state index in [-0.39, 0.29) is 5.69 Å². The van der Waals surface area contributed by atoms with Crippen molar-refractivity contribution in [3.63, 3.8) is 0 Å². The predicted molar refractivity (Wildman–Crippen MR) is 78.3 cm³/mol. The van der Waals surface area contributed by atoms with Crippen molar-refractivity contribution in [3.05, 3.63) is 15.6 Å². The van der Waals surface area contributed by atoms with Crippen LogP contribution in [0.3, 0.4) is 0 Å². The highest BCUT2D eigenvalue weighted by Crippen LogP contribution is 2.24. The fraction of sp³-hybridized carbons (Fsp3) is 0.714. The number of aromatic nitrogens is 1. The van der Waals surface area contributed by atoms with Crippen LogP contribution in [-0.4, -0.2) is 47.8 Å². The summed E-state index contributed by atoms with van der Waals surface area (Å²) in [5.41, 5.74) is 0.222. The van der Waals surface area contributed by atoms with Gasteiger partial charge in [-0.05, 0) is 25.3 Å². The number of hydrogen-bond acceptors (Lipinski definition) is 5. The van der Waals surface area contributed by atoms with Gasteiger partial charge in [-0.15, -0.1) is 11.3 Å². The summed E-state index contributed by atoms with van der Waals surface area (Å²) in [6.07, 6.45) is 3.14. The van der Waals surface area contributed by atoms with Crippen molar-refractivity contribution in [3.8, 4) is 0 Å². The Bertz CT molecular complexity index is 461. The van der Waals surface area contributed by atoms with E-state index < -0.39 is 5.97 Å². The fourth-order valence-corrected chi connectivity index (χ4v) is 3.69. The molecule has 1 aliphatic rings. The molecule has 0 aromatic carbocycles. The molecular weight excluding hydrogens is 276 g/mol. The van der Waals surface area contributed by atoms with Gasteiger partial charge in [-0.2, -0.15) is 0 Å². The molecule has 1 aliphatic heterocycles. The van der Waals surface area contributed by atoms with Crippen LogP contribution < -0.4 is 0 Å². The van der Waals surface area contributed by atoms with E-state index in [1.165, 1.54) is 24.2 Å². The minimum absolute atomic E-state index is 0.222. The summed E-state index contributed by atoms with van der Waals surface area (Å²) >= 11 is 1.51. The van der Waals surface area contributed by atoms with E-state index in [2.05, 4.69) is 16.8 Å². The summed E-state index contributed by atoms with van der Waals surface area (Å²) in [6, 6.07) is 0. The molecule has 1 saturated heterocycles. The van der Waals surface area contributed by atoms with Gasteiger partial charge in [-0.1, -0.05) is 6.92 Å². The number of thiazole rings is 1. The number of carbonyl (C=O) groups is 1. The molecule has 20 heavy (non-hydrogen) atoms. The molecule has 1 N–H and O–H groups in total. The maximum atomic E-state index is 11.3. The van der Waals surface area contributed by atoms with Gasteiger partial charge in [0.1, 0.15) is 0 Å². The summed E-state index contributed by atoms with van der Waals surface area (Å²) in [7, 11) is 1.64. The van der Waals surface area contributed by atoms with Crippen molar-refractivity contribution in [1.29, 1.82) is 0 Å². The monoisotopic (exact) mass is 298 g/mol. The standard InChI is InChI=1S/C14H22N2O3S/c1-10-4-3-6-16(8-10)9-11-13(14(17)18)15-12(20-11)5-7-19-2/h10H,3-9H2,1-2H3,(H,17,18). The van der Waals surface area contributed by atoms with E-state index in [0.29, 0.717) is 25.5 Å². The lowest BCUT2D eigenvalue weighted by Crippen LogP contribution is -2.33. The molecule has 0 radical (unpaired) electrons. The van der Waals surface area contributed by atoms with Crippen LogP contribution in [0.4, 0.5) is 0 Å². The molecule has 1 fully saturated rings. The Hall–Kier alpha value is -0.980. The number of piperidine rings is 1. The van der Waals surface area contributed by atoms with Crippen LogP contribution in [-0.2, 0) is 17.7 Å². The SMILES string of the molecule is COCCc1nc(C(=O)O)c(CN2CCCC(C)C2)s1. The van der Waals surface area contributed by atoms with Crippen molar-refractivity contribution in [2.75, 3.05) is 26.8 Å². The van der Waals surface area contributed by atoms with E-state index in [0.717, 1.165) is 23.0 Å². The van der Waals surface area contributed by atoms with Crippen LogP contribution >= 0.6 is 11.3 Å². The second-order valence-electron chi connectivity index (χ2n) is 5.41. The van der Waals surface area contributed by atoms with E-state index in [9.17, 15) is 9.90 Å². The third-order valence-electron chi connectivity index (χ3n) is 3.57. The smallest absolute Gasteiger partial charge is 0.355 e. The van der Waals surface area contributed by atoms with Crippen LogP contribution in [0.25, 0.3) is 0 Å². The molecule has 2 rings (SSSR count). The Morgan fingerprint density at radius 1 is 1.60 bits per heavy atom. The lowest BCUT2D eigenvalue weighted by Gasteiger charge is -2.30. The largest absolute Gasteiger partial charge is 0.476 e. The normalized spacial score (nSPS) is 20.2. The number of hydrogen-bond donors (Lipinski definition) is 1. The van der Waals surface area contributed by atoms with Crippen LogP contribution in [0.15, 0.2) is 0 Å². The first-order valence-corrected chi connectivity index (χ1v) is 7.85. The van der Waals surface area contributed by atoms with Gasteiger partial charge in [0, 0.05) is 26.6 Å². The Kier molecular flexibility index (Phi) is 5.51. The molecule has 1 unspecified atom stereocenters. The second-order valence-corrected chi connectivity index (χ2v) is 6.58. The number of methoxy groups -OCH3 is 1. The molecule has 0 aliphatic carbocycles. The van der Waals surface area contributed by atoms with Crippen LogP contribution in [0.1, 0.15) is 40.1 Å². The summed E-state index contributed by atoms with van der Waals surface area (Å²) in [5, 5.41) is 10.1. The van der Waals surface area contributed by atoms with E-state index in [4.69, 9.17) is 4.74 Å². The van der Waals surface area contributed by atoms with Gasteiger partial charge in [-0.3, -0.25) is 4.90 Å². The molecule has 1 aromatic heterocycles. The second kappa shape index (κ2) is 7.15. The van der Waals surface area contributed by atoms with E-state index >= 15 is 0 Å². The Labute approximate surface area is 123 Å². The van der Waals surface area contributed by atoms with Gasteiger partial charge in [0.25, 0.3) is 0 Å². The maximum absolute atomic E-state index is 11.3. The van der Waals surface area contributed by atoms with Gasteiger partial charge < -0.3 is 9.84 Å². The molecule has 0 spiro atoms. The first-order chi connectivity index (χ1) is 9.60. The first-order valence-electron chi connectivity index (χ1n) is 7.03. The highest BCUT2D eigenvalue weighted by molar-refractivity contribution is 7.11.